The molecule has 0 aliphatic rings. The van der Waals surface area contributed by atoms with Crippen LogP contribution in [0.5, 0.6) is 11.5 Å². The standard InChI is InChI=1S/C38H48N4O8Si/c1-21-16-17-26(47-34(46)50-37(10,11)12)22(2)28(21)41-30-27(24(29(43)23(3)40-30)18-19-51-38(13,14)15)25(20-39)31(41)42(32(44)48-35(4,5)6)33(45)49-36(7,8)9/h16-17,43H,1-15H3. The molecule has 3 aromatic rings. The van der Waals surface area contributed by atoms with E-state index < -0.39 is 35.1 Å². The maximum Gasteiger partial charge on any atom is 0.514 e. The van der Waals surface area contributed by atoms with Gasteiger partial charge < -0.3 is 24.1 Å². The Kier molecular flexibility index (Phi) is 11.3. The summed E-state index contributed by atoms with van der Waals surface area (Å²) in [6, 6.07) is 5.41. The van der Waals surface area contributed by atoms with Crippen LogP contribution in [-0.4, -0.2) is 59.3 Å². The summed E-state index contributed by atoms with van der Waals surface area (Å²) in [7, 11) is 0.166. The van der Waals surface area contributed by atoms with Crippen LogP contribution < -0.4 is 9.64 Å². The number of anilines is 1. The molecule has 0 bridgehead atoms. The third kappa shape index (κ3) is 9.82. The zero-order valence-electron chi connectivity index (χ0n) is 32.2. The van der Waals surface area contributed by atoms with Crippen molar-refractivity contribution in [2.75, 3.05) is 4.90 Å². The van der Waals surface area contributed by atoms with Gasteiger partial charge in [0.1, 0.15) is 39.8 Å². The molecule has 2 aromatic heterocycles. The SMILES string of the molecule is Cc1ccc(OC(=O)OC(C)(C)C)c(C)c1-n1c(N(C(=O)OC(C)(C)C)C(=O)OC(C)(C)C)c(C#N)c2c(C#C[Si]C(C)(C)C)c(O)c(C)nc21. The highest BCUT2D eigenvalue weighted by Gasteiger charge is 2.40. The quantitative estimate of drug-likeness (QED) is 0.0915. The number of nitrogens with zero attached hydrogens (tertiary/aromatic N) is 4. The van der Waals surface area contributed by atoms with Gasteiger partial charge in [-0.25, -0.2) is 19.4 Å². The fraction of sp³-hybridized carbons (Fsp3) is 0.500. The van der Waals surface area contributed by atoms with Crippen molar-refractivity contribution in [3.05, 3.63) is 40.1 Å². The molecule has 2 radical (unpaired) electrons. The second-order valence-electron chi connectivity index (χ2n) is 16.1. The zero-order valence-corrected chi connectivity index (χ0v) is 33.2. The van der Waals surface area contributed by atoms with Gasteiger partial charge in [0.15, 0.2) is 21.1 Å². The summed E-state index contributed by atoms with van der Waals surface area (Å²) in [5, 5.41) is 22.2. The largest absolute Gasteiger partial charge is 0.514 e. The van der Waals surface area contributed by atoms with Crippen LogP contribution in [0.1, 0.15) is 111 Å². The highest BCUT2D eigenvalue weighted by Crippen LogP contribution is 2.43. The molecule has 2 heterocycles. The van der Waals surface area contributed by atoms with E-state index in [2.05, 4.69) is 17.5 Å². The van der Waals surface area contributed by atoms with Gasteiger partial charge in [-0.05, 0) is 99.8 Å². The number of aromatic hydroxyl groups is 1. The number of aromatic nitrogens is 2. The summed E-state index contributed by atoms with van der Waals surface area (Å²) in [4.78, 5) is 46.4. The van der Waals surface area contributed by atoms with Crippen LogP contribution in [0.25, 0.3) is 16.7 Å². The van der Waals surface area contributed by atoms with Gasteiger partial charge in [-0.15, -0.1) is 5.54 Å². The number of ether oxygens (including phenoxy) is 4. The minimum absolute atomic E-state index is 0.0931. The predicted octanol–water partition coefficient (Wildman–Crippen LogP) is 8.75. The Morgan fingerprint density at radius 3 is 1.84 bits per heavy atom. The van der Waals surface area contributed by atoms with Gasteiger partial charge in [-0.3, -0.25) is 4.57 Å². The van der Waals surface area contributed by atoms with E-state index in [1.54, 1.807) is 95.2 Å². The van der Waals surface area contributed by atoms with E-state index in [0.29, 0.717) is 21.7 Å². The van der Waals surface area contributed by atoms with Crippen LogP contribution >= 0.6 is 0 Å². The number of imide groups is 1. The van der Waals surface area contributed by atoms with Gasteiger partial charge in [0.05, 0.1) is 22.3 Å². The van der Waals surface area contributed by atoms with Gasteiger partial charge in [0.25, 0.3) is 0 Å². The van der Waals surface area contributed by atoms with Crippen LogP contribution in [0.3, 0.4) is 0 Å². The second-order valence-corrected chi connectivity index (χ2v) is 18.1. The molecule has 0 atom stereocenters. The lowest BCUT2D eigenvalue weighted by Crippen LogP contribution is -2.45. The Labute approximate surface area is 302 Å². The lowest BCUT2D eigenvalue weighted by atomic mass is 10.1. The van der Waals surface area contributed by atoms with E-state index in [9.17, 15) is 24.8 Å². The molecule has 0 spiro atoms. The minimum Gasteiger partial charge on any atom is -0.505 e. The molecule has 0 saturated carbocycles. The van der Waals surface area contributed by atoms with Crippen molar-refractivity contribution in [1.29, 1.82) is 5.26 Å². The monoisotopic (exact) mass is 716 g/mol. The van der Waals surface area contributed by atoms with Crippen molar-refractivity contribution in [1.82, 2.24) is 9.55 Å². The summed E-state index contributed by atoms with van der Waals surface area (Å²) < 4.78 is 23.9. The second kappa shape index (κ2) is 14.3. The van der Waals surface area contributed by atoms with Crippen molar-refractivity contribution in [2.24, 2.45) is 0 Å². The number of aryl methyl sites for hydroxylation is 2. The molecule has 272 valence electrons. The molecule has 13 heteroatoms. The molecule has 2 amide bonds. The average Bonchev–Trinajstić information content (AvgIpc) is 3.21. The van der Waals surface area contributed by atoms with Crippen molar-refractivity contribution < 1.29 is 38.4 Å². The molecule has 0 fully saturated rings. The van der Waals surface area contributed by atoms with Crippen molar-refractivity contribution in [3.63, 3.8) is 0 Å². The number of benzene rings is 1. The van der Waals surface area contributed by atoms with E-state index in [1.165, 1.54) is 4.57 Å². The van der Waals surface area contributed by atoms with Gasteiger partial charge in [0, 0.05) is 5.56 Å². The van der Waals surface area contributed by atoms with Gasteiger partial charge in [0.2, 0.25) is 0 Å². The average molecular weight is 717 g/mol. The lowest BCUT2D eigenvalue weighted by molar-refractivity contribution is 0.0203. The number of amides is 2. The number of hydrogen-bond acceptors (Lipinski definition) is 10. The topological polar surface area (TPSA) is 153 Å². The first kappa shape index (κ1) is 40.4. The molecule has 12 nitrogen and oxygen atoms in total. The Morgan fingerprint density at radius 1 is 0.843 bits per heavy atom. The van der Waals surface area contributed by atoms with Crippen molar-refractivity contribution >= 4 is 44.7 Å². The van der Waals surface area contributed by atoms with Crippen LogP contribution in [0.4, 0.5) is 20.2 Å². The first-order chi connectivity index (χ1) is 23.2. The molecular formula is C38H48N4O8Si. The lowest BCUT2D eigenvalue weighted by Gasteiger charge is -2.29. The summed E-state index contributed by atoms with van der Waals surface area (Å²) in [6.07, 6.45) is -3.20. The Balaban J connectivity index is 2.65. The molecule has 0 saturated heterocycles. The van der Waals surface area contributed by atoms with Crippen molar-refractivity contribution in [3.8, 4) is 34.7 Å². The molecular weight excluding hydrogens is 669 g/mol. The smallest absolute Gasteiger partial charge is 0.505 e. The fourth-order valence-electron chi connectivity index (χ4n) is 4.83. The summed E-state index contributed by atoms with van der Waals surface area (Å²) in [6.45, 7) is 26.0. The maximum absolute atomic E-state index is 14.1. The number of rotatable bonds is 3. The third-order valence-electron chi connectivity index (χ3n) is 6.71. The van der Waals surface area contributed by atoms with E-state index in [1.807, 2.05) is 20.8 Å². The molecule has 1 aromatic carbocycles. The summed E-state index contributed by atoms with van der Waals surface area (Å²) in [5.41, 5.74) is 1.63. The molecule has 0 unspecified atom stereocenters. The van der Waals surface area contributed by atoms with Crippen LogP contribution in [-0.2, 0) is 14.2 Å². The van der Waals surface area contributed by atoms with Gasteiger partial charge in [-0.2, -0.15) is 10.2 Å². The summed E-state index contributed by atoms with van der Waals surface area (Å²) >= 11 is 0. The van der Waals surface area contributed by atoms with Crippen LogP contribution in [0.2, 0.25) is 5.04 Å². The summed E-state index contributed by atoms with van der Waals surface area (Å²) in [5.74, 6) is 2.64. The van der Waals surface area contributed by atoms with E-state index in [0.717, 1.165) is 0 Å². The number of fused-ring (bicyclic) bond motifs is 1. The molecule has 3 rings (SSSR count). The first-order valence-corrected chi connectivity index (χ1v) is 17.4. The number of pyridine rings is 1. The molecule has 1 N–H and O–H groups in total. The van der Waals surface area contributed by atoms with Gasteiger partial charge >= 0.3 is 18.3 Å². The minimum atomic E-state index is -1.13. The normalized spacial score (nSPS) is 12.0. The predicted molar refractivity (Wildman–Crippen MR) is 196 cm³/mol. The third-order valence-corrected chi connectivity index (χ3v) is 7.71. The number of nitriles is 1. The van der Waals surface area contributed by atoms with E-state index >= 15 is 0 Å². The molecule has 0 aliphatic carbocycles. The Hall–Kier alpha value is -5.01. The molecule has 51 heavy (non-hydrogen) atoms. The number of carbonyl (C=O) groups excluding carboxylic acids is 3. The Bertz CT molecular complexity index is 1960. The van der Waals surface area contributed by atoms with Crippen LogP contribution in [0.15, 0.2) is 12.1 Å². The van der Waals surface area contributed by atoms with Gasteiger partial charge in [-0.1, -0.05) is 32.8 Å². The molecule has 0 aliphatic heterocycles. The highest BCUT2D eigenvalue weighted by molar-refractivity contribution is 6.49. The highest BCUT2D eigenvalue weighted by atomic mass is 28.2. The van der Waals surface area contributed by atoms with Crippen molar-refractivity contribution in [2.45, 2.75) is 126 Å². The zero-order chi connectivity index (χ0) is 39.0. The maximum atomic E-state index is 14.1. The number of hydrogen-bond donors (Lipinski definition) is 1. The number of carbonyl (C=O) groups is 3. The Morgan fingerprint density at radius 2 is 1.37 bits per heavy atom. The van der Waals surface area contributed by atoms with Crippen LogP contribution in [0, 0.1) is 43.6 Å². The van der Waals surface area contributed by atoms with E-state index in [4.69, 9.17) is 23.9 Å². The van der Waals surface area contributed by atoms with E-state index in [-0.39, 0.29) is 59.7 Å². The first-order valence-electron chi connectivity index (χ1n) is 16.4. The fourth-order valence-corrected chi connectivity index (χ4v) is 5.39.